The zero-order valence-electron chi connectivity index (χ0n) is 8.65. The van der Waals surface area contributed by atoms with Crippen LogP contribution in [0.2, 0.25) is 8.87 Å². The van der Waals surface area contributed by atoms with E-state index in [0.717, 1.165) is 0 Å². The summed E-state index contributed by atoms with van der Waals surface area (Å²) in [5.74, 6) is 0. The van der Waals surface area contributed by atoms with E-state index in [0.29, 0.717) is 3.80 Å². The average Bonchev–Trinajstić information content (AvgIpc) is 2.04. The van der Waals surface area contributed by atoms with E-state index in [-0.39, 0.29) is 0 Å². The van der Waals surface area contributed by atoms with Crippen LogP contribution in [0.15, 0.2) is 0 Å². The van der Waals surface area contributed by atoms with Gasteiger partial charge in [0, 0.05) is 0 Å². The average molecular weight is 276 g/mol. The molecule has 0 saturated heterocycles. The fourth-order valence-corrected chi connectivity index (χ4v) is 8.43. The Balaban J connectivity index is 3.62. The van der Waals surface area contributed by atoms with Crippen molar-refractivity contribution in [1.29, 1.82) is 0 Å². The Hall–Kier alpha value is 0.469. The second-order valence-corrected chi connectivity index (χ2v) is 11.7. The monoisotopic (exact) mass is 277 g/mol. The third kappa shape index (κ3) is 6.04. The molecule has 0 saturated carbocycles. The molecule has 0 atom stereocenters. The molecule has 0 spiro atoms. The summed E-state index contributed by atoms with van der Waals surface area (Å²) in [6.45, 7) is 6.24. The molecule has 0 heterocycles. The third-order valence-electron chi connectivity index (χ3n) is 2.16. The van der Waals surface area contributed by atoms with Crippen molar-refractivity contribution >= 4 is 23.6 Å². The van der Waals surface area contributed by atoms with Crippen molar-refractivity contribution in [2.24, 2.45) is 0 Å². The maximum absolute atomic E-state index is 11.2. The van der Waals surface area contributed by atoms with Gasteiger partial charge in [-0.05, 0) is 0 Å². The van der Waals surface area contributed by atoms with Crippen LogP contribution >= 0.6 is 0 Å². The van der Waals surface area contributed by atoms with E-state index < -0.39 is 19.8 Å². The van der Waals surface area contributed by atoms with Crippen molar-refractivity contribution in [3.8, 4) is 0 Å². The van der Waals surface area contributed by atoms with Gasteiger partial charge in [-0.15, -0.1) is 0 Å². The van der Waals surface area contributed by atoms with E-state index in [9.17, 15) is 4.79 Å². The van der Waals surface area contributed by atoms with Gasteiger partial charge in [0.1, 0.15) is 0 Å². The van der Waals surface area contributed by atoms with Gasteiger partial charge in [-0.2, -0.15) is 0 Å². The Morgan fingerprint density at radius 2 is 1.50 bits per heavy atom. The zero-order chi connectivity index (χ0) is 9.40. The quantitative estimate of drug-likeness (QED) is 0.652. The summed E-state index contributed by atoms with van der Waals surface area (Å²) in [6, 6.07) is 0. The first-order valence-electron chi connectivity index (χ1n) is 5.08. The van der Waals surface area contributed by atoms with E-state index in [1.165, 1.54) is 34.6 Å². The summed E-state index contributed by atoms with van der Waals surface area (Å²) in [5.41, 5.74) is 0. The van der Waals surface area contributed by atoms with E-state index in [2.05, 4.69) is 13.8 Å². The van der Waals surface area contributed by atoms with E-state index in [1.807, 2.05) is 6.92 Å². The van der Waals surface area contributed by atoms with Crippen LogP contribution in [0.3, 0.4) is 0 Å². The molecular formula is C10H21OSn+. The second-order valence-electron chi connectivity index (χ2n) is 3.37. The van der Waals surface area contributed by atoms with Crippen LogP contribution in [0, 0.1) is 0 Å². The van der Waals surface area contributed by atoms with Gasteiger partial charge in [-0.25, -0.2) is 0 Å². The van der Waals surface area contributed by atoms with Crippen molar-refractivity contribution in [1.82, 2.24) is 0 Å². The van der Waals surface area contributed by atoms with Gasteiger partial charge in [-0.1, -0.05) is 0 Å². The molecule has 0 N–H and O–H groups in total. The van der Waals surface area contributed by atoms with Crippen molar-refractivity contribution in [2.75, 3.05) is 0 Å². The molecule has 0 unspecified atom stereocenters. The van der Waals surface area contributed by atoms with Crippen LogP contribution in [0.25, 0.3) is 0 Å². The molecule has 0 amide bonds. The molecule has 0 aromatic heterocycles. The van der Waals surface area contributed by atoms with Crippen LogP contribution in [0.1, 0.15) is 46.5 Å². The van der Waals surface area contributed by atoms with Crippen molar-refractivity contribution < 1.29 is 4.79 Å². The third-order valence-corrected chi connectivity index (χ3v) is 10.5. The number of hydrogen-bond acceptors (Lipinski definition) is 1. The molecule has 0 rings (SSSR count). The van der Waals surface area contributed by atoms with Crippen LogP contribution in [0.5, 0.6) is 0 Å². The summed E-state index contributed by atoms with van der Waals surface area (Å²) < 4.78 is 3.18. The van der Waals surface area contributed by atoms with Crippen LogP contribution in [0.4, 0.5) is 0 Å². The van der Waals surface area contributed by atoms with Crippen LogP contribution in [-0.4, -0.2) is 23.6 Å². The minimum absolute atomic E-state index is 0.583. The standard InChI is InChI=1S/2C4H9.C2H3O.Sn/c2*1-3-4-2;1-2-3;/h2*1,3-4H2,2H3;1H3;/q;;;+1. The molecule has 2 heteroatoms. The number of carbonyl (C=O) groups excluding carboxylic acids is 1. The van der Waals surface area contributed by atoms with Gasteiger partial charge in [0.05, 0.1) is 0 Å². The Kier molecular flexibility index (Phi) is 8.40. The Morgan fingerprint density at radius 1 is 1.08 bits per heavy atom. The molecule has 1 nitrogen and oxygen atoms in total. The molecule has 0 aliphatic rings. The number of carbonyl (C=O) groups is 1. The van der Waals surface area contributed by atoms with Crippen molar-refractivity contribution in [3.05, 3.63) is 0 Å². The predicted octanol–water partition coefficient (Wildman–Crippen LogP) is 3.21. The van der Waals surface area contributed by atoms with E-state index in [4.69, 9.17) is 0 Å². The first kappa shape index (κ1) is 12.5. The first-order chi connectivity index (χ1) is 5.72. The molecule has 0 radical (unpaired) electrons. The number of rotatable bonds is 7. The summed E-state index contributed by atoms with van der Waals surface area (Å²) >= 11 is -1.54. The first-order valence-corrected chi connectivity index (χ1v) is 10.5. The number of hydrogen-bond donors (Lipinski definition) is 0. The molecule has 0 aromatic carbocycles. The van der Waals surface area contributed by atoms with Gasteiger partial charge < -0.3 is 0 Å². The summed E-state index contributed by atoms with van der Waals surface area (Å²) in [5, 5.41) is 0. The Morgan fingerprint density at radius 3 is 1.75 bits per heavy atom. The van der Waals surface area contributed by atoms with Crippen molar-refractivity contribution in [2.45, 2.75) is 55.3 Å². The number of unbranched alkanes of at least 4 members (excludes halogenated alkanes) is 2. The van der Waals surface area contributed by atoms with Gasteiger partial charge >= 0.3 is 83.7 Å². The second kappa shape index (κ2) is 8.08. The maximum atomic E-state index is 11.2. The summed E-state index contributed by atoms with van der Waals surface area (Å²) in [4.78, 5) is 11.2. The molecule has 0 aromatic rings. The van der Waals surface area contributed by atoms with Crippen LogP contribution < -0.4 is 0 Å². The predicted molar refractivity (Wildman–Crippen MR) is 55.9 cm³/mol. The molecular weight excluding hydrogens is 255 g/mol. The van der Waals surface area contributed by atoms with Gasteiger partial charge in [0.2, 0.25) is 0 Å². The molecule has 12 heavy (non-hydrogen) atoms. The fourth-order valence-electron chi connectivity index (χ4n) is 1.26. The topological polar surface area (TPSA) is 17.1 Å². The Labute approximate surface area is 83.7 Å². The van der Waals surface area contributed by atoms with Gasteiger partial charge in [0.25, 0.3) is 0 Å². The molecule has 0 aliphatic heterocycles. The summed E-state index contributed by atoms with van der Waals surface area (Å²) in [7, 11) is 0. The molecule has 0 bridgehead atoms. The SMILES string of the molecule is CCC[CH2][Sn+]([CH2]CCC)[C](C)=O. The van der Waals surface area contributed by atoms with Gasteiger partial charge in [0.15, 0.2) is 0 Å². The minimum atomic E-state index is -1.54. The Bertz CT molecular complexity index is 115. The van der Waals surface area contributed by atoms with E-state index >= 15 is 0 Å². The fraction of sp³-hybridized carbons (Fsp3) is 0.900. The van der Waals surface area contributed by atoms with Crippen molar-refractivity contribution in [3.63, 3.8) is 0 Å². The van der Waals surface area contributed by atoms with Crippen LogP contribution in [-0.2, 0) is 4.79 Å². The summed E-state index contributed by atoms with van der Waals surface area (Å²) in [6.07, 6.45) is 5.09. The zero-order valence-corrected chi connectivity index (χ0v) is 11.5. The van der Waals surface area contributed by atoms with E-state index in [1.54, 1.807) is 0 Å². The molecule has 0 aliphatic carbocycles. The van der Waals surface area contributed by atoms with Gasteiger partial charge in [-0.3, -0.25) is 0 Å². The molecule has 70 valence electrons. The molecule has 0 fully saturated rings. The normalized spacial score (nSPS) is 9.92.